The third kappa shape index (κ3) is 3.78. The van der Waals surface area contributed by atoms with Crippen LogP contribution in [0.5, 0.6) is 0 Å². The monoisotopic (exact) mass is 373 g/mol. The normalized spacial score (nSPS) is 11.4. The van der Waals surface area contributed by atoms with E-state index >= 15 is 0 Å². The highest BCUT2D eigenvalue weighted by Gasteiger charge is 2.22. The molecule has 1 aromatic carbocycles. The van der Waals surface area contributed by atoms with Crippen molar-refractivity contribution in [3.8, 4) is 0 Å². The number of hydrogen-bond donors (Lipinski definition) is 2. The number of rotatable bonds is 5. The van der Waals surface area contributed by atoms with Gasteiger partial charge in [-0.15, -0.1) is 0 Å². The van der Waals surface area contributed by atoms with Gasteiger partial charge in [-0.25, -0.2) is 12.8 Å². The van der Waals surface area contributed by atoms with E-state index in [1.165, 1.54) is 30.6 Å². The summed E-state index contributed by atoms with van der Waals surface area (Å²) in [5.74, 6) is -0.774. The first-order valence-corrected chi connectivity index (χ1v) is 8.27. The average Bonchev–Trinajstić information content (AvgIpc) is 2.43. The van der Waals surface area contributed by atoms with Gasteiger partial charge in [-0.05, 0) is 31.3 Å². The topological polar surface area (TPSA) is 71.1 Å². The fraction of sp³-hybridized carbons (Fsp3) is 0.154. The summed E-state index contributed by atoms with van der Waals surface area (Å²) in [4.78, 5) is 3.40. The van der Waals surface area contributed by atoms with Crippen molar-refractivity contribution in [2.24, 2.45) is 0 Å². The van der Waals surface area contributed by atoms with Crippen LogP contribution in [0.15, 0.2) is 46.0 Å². The number of hydrogen-bond acceptors (Lipinski definition) is 4. The van der Waals surface area contributed by atoms with Gasteiger partial charge in [0.05, 0.1) is 11.9 Å². The molecule has 0 saturated heterocycles. The van der Waals surface area contributed by atoms with E-state index in [-0.39, 0.29) is 17.8 Å². The van der Waals surface area contributed by atoms with Crippen LogP contribution in [0.3, 0.4) is 0 Å². The average molecular weight is 374 g/mol. The molecule has 5 nitrogen and oxygen atoms in total. The fourth-order valence-corrected chi connectivity index (χ4v) is 3.61. The zero-order chi connectivity index (χ0) is 15.5. The minimum Gasteiger partial charge on any atom is -0.316 e. The highest BCUT2D eigenvalue weighted by atomic mass is 79.9. The van der Waals surface area contributed by atoms with Gasteiger partial charge in [0.25, 0.3) is 10.0 Å². The summed E-state index contributed by atoms with van der Waals surface area (Å²) in [6.45, 7) is 0.223. The smallest absolute Gasteiger partial charge is 0.264 e. The van der Waals surface area contributed by atoms with Crippen molar-refractivity contribution in [2.75, 3.05) is 11.8 Å². The molecular weight excluding hydrogens is 361 g/mol. The van der Waals surface area contributed by atoms with Crippen molar-refractivity contribution >= 4 is 31.6 Å². The molecule has 2 N–H and O–H groups in total. The van der Waals surface area contributed by atoms with Gasteiger partial charge in [-0.2, -0.15) is 0 Å². The number of anilines is 1. The molecule has 0 aliphatic carbocycles. The highest BCUT2D eigenvalue weighted by Crippen LogP contribution is 2.25. The largest absolute Gasteiger partial charge is 0.316 e. The lowest BCUT2D eigenvalue weighted by Crippen LogP contribution is -2.17. The van der Waals surface area contributed by atoms with Crippen LogP contribution in [-0.4, -0.2) is 20.4 Å². The Bertz CT molecular complexity index is 739. The van der Waals surface area contributed by atoms with Crippen LogP contribution in [0, 0.1) is 5.82 Å². The summed E-state index contributed by atoms with van der Waals surface area (Å²) in [6, 6.07) is 5.89. The first-order chi connectivity index (χ1) is 9.94. The maximum absolute atomic E-state index is 14.3. The van der Waals surface area contributed by atoms with Crippen LogP contribution in [0.4, 0.5) is 10.1 Å². The Kier molecular flexibility index (Phi) is 4.92. The minimum absolute atomic E-state index is 0.223. The predicted molar refractivity (Wildman–Crippen MR) is 81.9 cm³/mol. The van der Waals surface area contributed by atoms with Crippen molar-refractivity contribution in [3.63, 3.8) is 0 Å². The molecule has 1 heterocycles. The predicted octanol–water partition coefficient (Wildman–Crippen LogP) is 2.50. The lowest BCUT2D eigenvalue weighted by molar-refractivity contribution is 0.555. The summed E-state index contributed by atoms with van der Waals surface area (Å²) < 4.78 is 41.8. The Morgan fingerprint density at radius 1 is 1.38 bits per heavy atom. The van der Waals surface area contributed by atoms with Crippen molar-refractivity contribution in [1.29, 1.82) is 0 Å². The Balaban J connectivity index is 2.45. The number of benzene rings is 1. The van der Waals surface area contributed by atoms with Crippen molar-refractivity contribution < 1.29 is 12.8 Å². The van der Waals surface area contributed by atoms with Crippen LogP contribution < -0.4 is 10.0 Å². The molecule has 112 valence electrons. The summed E-state index contributed by atoms with van der Waals surface area (Å²) in [6.07, 6.45) is 2.87. The summed E-state index contributed by atoms with van der Waals surface area (Å²) in [7, 11) is -2.37. The molecule has 8 heteroatoms. The third-order valence-corrected chi connectivity index (χ3v) is 4.49. The van der Waals surface area contributed by atoms with Crippen LogP contribution in [0.1, 0.15) is 5.56 Å². The molecule has 0 bridgehead atoms. The van der Waals surface area contributed by atoms with Gasteiger partial charge in [0, 0.05) is 22.8 Å². The third-order valence-electron chi connectivity index (χ3n) is 2.65. The van der Waals surface area contributed by atoms with Crippen molar-refractivity contribution in [1.82, 2.24) is 10.3 Å². The molecule has 0 saturated carbocycles. The summed E-state index contributed by atoms with van der Waals surface area (Å²) >= 11 is 3.20. The Morgan fingerprint density at radius 2 is 2.14 bits per heavy atom. The van der Waals surface area contributed by atoms with E-state index in [0.29, 0.717) is 4.47 Å². The minimum atomic E-state index is -4.03. The van der Waals surface area contributed by atoms with E-state index in [2.05, 4.69) is 31.0 Å². The molecule has 0 spiro atoms. The van der Waals surface area contributed by atoms with E-state index in [4.69, 9.17) is 0 Å². The molecular formula is C13H13BrFN3O2S. The molecule has 0 amide bonds. The molecule has 0 fully saturated rings. The van der Waals surface area contributed by atoms with E-state index in [1.54, 1.807) is 13.1 Å². The molecule has 21 heavy (non-hydrogen) atoms. The zero-order valence-corrected chi connectivity index (χ0v) is 13.5. The number of nitrogens with zero attached hydrogens (tertiary/aromatic N) is 1. The van der Waals surface area contributed by atoms with E-state index in [9.17, 15) is 12.8 Å². The Labute approximate surface area is 130 Å². The van der Waals surface area contributed by atoms with E-state index in [0.717, 1.165) is 0 Å². The molecule has 0 aliphatic rings. The second kappa shape index (κ2) is 6.50. The number of sulfonamides is 1. The second-order valence-electron chi connectivity index (χ2n) is 4.25. The van der Waals surface area contributed by atoms with Gasteiger partial charge in [-0.1, -0.05) is 15.9 Å². The Morgan fingerprint density at radius 3 is 2.76 bits per heavy atom. The van der Waals surface area contributed by atoms with Crippen LogP contribution in [-0.2, 0) is 16.6 Å². The molecule has 0 aliphatic heterocycles. The van der Waals surface area contributed by atoms with Gasteiger partial charge in [0.15, 0.2) is 0 Å². The standard InChI is InChI=1S/C13H13BrFN3O2S/c1-16-7-9-5-10(14)6-12(13(9)15)21(19,20)18-11-3-2-4-17-8-11/h2-6,8,16,18H,7H2,1H3. The summed E-state index contributed by atoms with van der Waals surface area (Å²) in [5.41, 5.74) is 0.533. The summed E-state index contributed by atoms with van der Waals surface area (Å²) in [5, 5.41) is 2.79. The van der Waals surface area contributed by atoms with Gasteiger partial charge in [-0.3, -0.25) is 9.71 Å². The molecule has 2 rings (SSSR count). The second-order valence-corrected chi connectivity index (χ2v) is 6.82. The van der Waals surface area contributed by atoms with Crippen LogP contribution in [0.2, 0.25) is 0 Å². The maximum atomic E-state index is 14.3. The van der Waals surface area contributed by atoms with Gasteiger partial charge in [0.1, 0.15) is 10.7 Å². The number of nitrogens with one attached hydrogen (secondary N) is 2. The zero-order valence-electron chi connectivity index (χ0n) is 11.1. The highest BCUT2D eigenvalue weighted by molar-refractivity contribution is 9.10. The Hall–Kier alpha value is -1.51. The first-order valence-electron chi connectivity index (χ1n) is 5.99. The quantitative estimate of drug-likeness (QED) is 0.844. The number of halogens is 2. The molecule has 1 aromatic heterocycles. The maximum Gasteiger partial charge on any atom is 0.264 e. The molecule has 0 radical (unpaired) electrons. The molecule has 0 atom stereocenters. The number of pyridine rings is 1. The SMILES string of the molecule is CNCc1cc(Br)cc(S(=O)(=O)Nc2cccnc2)c1F. The molecule has 2 aromatic rings. The van der Waals surface area contributed by atoms with E-state index < -0.39 is 20.7 Å². The lowest BCUT2D eigenvalue weighted by atomic mass is 10.2. The number of aromatic nitrogens is 1. The van der Waals surface area contributed by atoms with Crippen molar-refractivity contribution in [2.45, 2.75) is 11.4 Å². The lowest BCUT2D eigenvalue weighted by Gasteiger charge is -2.12. The van der Waals surface area contributed by atoms with Gasteiger partial charge in [0.2, 0.25) is 0 Å². The molecule has 0 unspecified atom stereocenters. The van der Waals surface area contributed by atoms with Gasteiger partial charge >= 0.3 is 0 Å². The fourth-order valence-electron chi connectivity index (χ4n) is 1.77. The first kappa shape index (κ1) is 15.9. The van der Waals surface area contributed by atoms with Gasteiger partial charge < -0.3 is 5.32 Å². The van der Waals surface area contributed by atoms with E-state index in [1.807, 2.05) is 0 Å². The van der Waals surface area contributed by atoms with Crippen LogP contribution >= 0.6 is 15.9 Å². The van der Waals surface area contributed by atoms with Crippen molar-refractivity contribution in [3.05, 3.63) is 52.5 Å². The van der Waals surface area contributed by atoms with Crippen LogP contribution in [0.25, 0.3) is 0 Å².